The minimum atomic E-state index is -0.952. The summed E-state index contributed by atoms with van der Waals surface area (Å²) in [4.78, 5) is 11.6. The molecule has 0 spiro atoms. The Bertz CT molecular complexity index is 150. The van der Waals surface area contributed by atoms with Gasteiger partial charge >= 0.3 is 6.09 Å². The van der Waals surface area contributed by atoms with E-state index >= 15 is 0 Å². The lowest BCUT2D eigenvalue weighted by Gasteiger charge is -2.29. The normalized spacial score (nSPS) is 25.2. The minimum absolute atomic E-state index is 0.121. The van der Waals surface area contributed by atoms with E-state index in [4.69, 9.17) is 14.9 Å². The highest BCUT2D eigenvalue weighted by Gasteiger charge is 2.22. The van der Waals surface area contributed by atoms with Gasteiger partial charge in [0, 0.05) is 6.54 Å². The second-order valence-corrected chi connectivity index (χ2v) is 2.40. The van der Waals surface area contributed by atoms with Crippen LogP contribution in [0.5, 0.6) is 0 Å². The standard InChI is InChI=1S/C6H11NO4/c8-4-5-3-7(6(9)10)1-2-11-5/h5,8H,1-4H2,(H,9,10)/t5-/m1/s1. The fourth-order valence-electron chi connectivity index (χ4n) is 1.00. The fourth-order valence-corrected chi connectivity index (χ4v) is 1.00. The van der Waals surface area contributed by atoms with Gasteiger partial charge in [-0.25, -0.2) is 4.79 Å². The van der Waals surface area contributed by atoms with Gasteiger partial charge in [0.05, 0.1) is 25.9 Å². The molecule has 5 heteroatoms. The summed E-state index contributed by atoms with van der Waals surface area (Å²) in [5.74, 6) is 0. The zero-order valence-corrected chi connectivity index (χ0v) is 6.06. The molecule has 0 aliphatic carbocycles. The predicted molar refractivity (Wildman–Crippen MR) is 36.4 cm³/mol. The summed E-state index contributed by atoms with van der Waals surface area (Å²) >= 11 is 0. The molecule has 1 atom stereocenters. The van der Waals surface area contributed by atoms with Crippen molar-refractivity contribution in [1.82, 2.24) is 4.90 Å². The average molecular weight is 161 g/mol. The first kappa shape index (κ1) is 8.29. The number of carbonyl (C=O) groups is 1. The van der Waals surface area contributed by atoms with Crippen LogP contribution in [0.25, 0.3) is 0 Å². The molecule has 11 heavy (non-hydrogen) atoms. The van der Waals surface area contributed by atoms with Crippen molar-refractivity contribution in [2.24, 2.45) is 0 Å². The molecule has 5 nitrogen and oxygen atoms in total. The van der Waals surface area contributed by atoms with Gasteiger partial charge in [-0.2, -0.15) is 0 Å². The van der Waals surface area contributed by atoms with Crippen LogP contribution in [0.3, 0.4) is 0 Å². The number of carboxylic acid groups (broad SMARTS) is 1. The maximum atomic E-state index is 10.4. The van der Waals surface area contributed by atoms with E-state index in [0.29, 0.717) is 13.2 Å². The first-order valence-corrected chi connectivity index (χ1v) is 3.44. The number of aliphatic hydroxyl groups excluding tert-OH is 1. The molecule has 1 aliphatic rings. The number of aliphatic hydroxyl groups is 1. The van der Waals surface area contributed by atoms with Crippen molar-refractivity contribution < 1.29 is 19.7 Å². The number of amides is 1. The van der Waals surface area contributed by atoms with E-state index in [1.165, 1.54) is 4.90 Å². The topological polar surface area (TPSA) is 70.0 Å². The molecule has 1 rings (SSSR count). The highest BCUT2D eigenvalue weighted by atomic mass is 16.5. The lowest BCUT2D eigenvalue weighted by molar-refractivity contribution is -0.0459. The fraction of sp³-hybridized carbons (Fsp3) is 0.833. The number of ether oxygens (including phenoxy) is 1. The van der Waals surface area contributed by atoms with E-state index in [0.717, 1.165) is 0 Å². The number of rotatable bonds is 1. The van der Waals surface area contributed by atoms with Gasteiger partial charge in [0.15, 0.2) is 0 Å². The van der Waals surface area contributed by atoms with E-state index in [1.54, 1.807) is 0 Å². The summed E-state index contributed by atoms with van der Waals surface area (Å²) in [6.45, 7) is 0.916. The molecule has 0 aromatic carbocycles. The lowest BCUT2D eigenvalue weighted by Crippen LogP contribution is -2.46. The molecular formula is C6H11NO4. The number of hydrogen-bond donors (Lipinski definition) is 2. The monoisotopic (exact) mass is 161 g/mol. The summed E-state index contributed by atoms with van der Waals surface area (Å²) < 4.78 is 5.05. The zero-order chi connectivity index (χ0) is 8.27. The zero-order valence-electron chi connectivity index (χ0n) is 6.06. The van der Waals surface area contributed by atoms with Crippen LogP contribution in [0.15, 0.2) is 0 Å². The Hall–Kier alpha value is -0.810. The van der Waals surface area contributed by atoms with Gasteiger partial charge in [-0.15, -0.1) is 0 Å². The predicted octanol–water partition coefficient (Wildman–Crippen LogP) is -0.642. The Morgan fingerprint density at radius 1 is 1.73 bits per heavy atom. The van der Waals surface area contributed by atoms with Gasteiger partial charge in [-0.1, -0.05) is 0 Å². The molecule has 0 aromatic rings. The van der Waals surface area contributed by atoms with Crippen LogP contribution in [-0.2, 0) is 4.74 Å². The maximum absolute atomic E-state index is 10.4. The Morgan fingerprint density at radius 2 is 2.45 bits per heavy atom. The molecule has 0 radical (unpaired) electrons. The second kappa shape index (κ2) is 3.54. The van der Waals surface area contributed by atoms with Crippen molar-refractivity contribution in [1.29, 1.82) is 0 Å². The summed E-state index contributed by atoms with van der Waals surface area (Å²) in [5, 5.41) is 17.2. The molecule has 0 bridgehead atoms. The summed E-state index contributed by atoms with van der Waals surface area (Å²) in [6.07, 6.45) is -1.30. The van der Waals surface area contributed by atoms with Gasteiger partial charge < -0.3 is 19.8 Å². The van der Waals surface area contributed by atoms with Crippen LogP contribution in [0, 0.1) is 0 Å². The number of nitrogens with zero attached hydrogens (tertiary/aromatic N) is 1. The van der Waals surface area contributed by atoms with Crippen LogP contribution in [0.4, 0.5) is 4.79 Å². The Labute approximate surface area is 64.2 Å². The van der Waals surface area contributed by atoms with Gasteiger partial charge in [0.1, 0.15) is 0 Å². The molecule has 64 valence electrons. The lowest BCUT2D eigenvalue weighted by atomic mass is 10.3. The van der Waals surface area contributed by atoms with E-state index in [9.17, 15) is 4.79 Å². The van der Waals surface area contributed by atoms with Crippen LogP contribution in [0.1, 0.15) is 0 Å². The minimum Gasteiger partial charge on any atom is -0.465 e. The largest absolute Gasteiger partial charge is 0.465 e. The molecule has 1 saturated heterocycles. The Morgan fingerprint density at radius 3 is 3.00 bits per heavy atom. The Kier molecular flexibility index (Phi) is 2.67. The highest BCUT2D eigenvalue weighted by Crippen LogP contribution is 2.03. The second-order valence-electron chi connectivity index (χ2n) is 2.40. The average Bonchev–Trinajstić information content (AvgIpc) is 2.05. The van der Waals surface area contributed by atoms with E-state index < -0.39 is 6.09 Å². The molecule has 0 unspecified atom stereocenters. The smallest absolute Gasteiger partial charge is 0.407 e. The van der Waals surface area contributed by atoms with Crippen molar-refractivity contribution >= 4 is 6.09 Å². The molecule has 2 N–H and O–H groups in total. The van der Waals surface area contributed by atoms with Crippen molar-refractivity contribution in [3.63, 3.8) is 0 Å². The van der Waals surface area contributed by atoms with Crippen LogP contribution >= 0.6 is 0 Å². The van der Waals surface area contributed by atoms with Crippen molar-refractivity contribution in [2.75, 3.05) is 26.3 Å². The molecule has 1 amide bonds. The molecule has 1 fully saturated rings. The van der Waals surface area contributed by atoms with Crippen LogP contribution in [0.2, 0.25) is 0 Å². The van der Waals surface area contributed by atoms with Gasteiger partial charge in [0.25, 0.3) is 0 Å². The SMILES string of the molecule is O=C(O)N1CCO[C@@H](CO)C1. The third-order valence-corrected chi connectivity index (χ3v) is 1.61. The van der Waals surface area contributed by atoms with Gasteiger partial charge in [-0.3, -0.25) is 0 Å². The summed E-state index contributed by atoms with van der Waals surface area (Å²) in [7, 11) is 0. The van der Waals surface area contributed by atoms with Crippen molar-refractivity contribution in [3.8, 4) is 0 Å². The summed E-state index contributed by atoms with van der Waals surface area (Å²) in [6, 6.07) is 0. The van der Waals surface area contributed by atoms with Crippen molar-refractivity contribution in [2.45, 2.75) is 6.10 Å². The quantitative estimate of drug-likeness (QED) is 0.536. The summed E-state index contributed by atoms with van der Waals surface area (Å²) in [5.41, 5.74) is 0. The van der Waals surface area contributed by atoms with Crippen LogP contribution in [-0.4, -0.2) is 53.6 Å². The van der Waals surface area contributed by atoms with Gasteiger partial charge in [0.2, 0.25) is 0 Å². The molecule has 0 saturated carbocycles. The van der Waals surface area contributed by atoms with E-state index in [-0.39, 0.29) is 19.3 Å². The maximum Gasteiger partial charge on any atom is 0.407 e. The molecular weight excluding hydrogens is 150 g/mol. The Balaban J connectivity index is 2.39. The van der Waals surface area contributed by atoms with E-state index in [1.807, 2.05) is 0 Å². The number of hydrogen-bond acceptors (Lipinski definition) is 3. The first-order chi connectivity index (χ1) is 5.24. The number of morpholine rings is 1. The molecule has 1 heterocycles. The highest BCUT2D eigenvalue weighted by molar-refractivity contribution is 5.65. The van der Waals surface area contributed by atoms with Crippen LogP contribution < -0.4 is 0 Å². The third-order valence-electron chi connectivity index (χ3n) is 1.61. The first-order valence-electron chi connectivity index (χ1n) is 3.44. The molecule has 1 aliphatic heterocycles. The van der Waals surface area contributed by atoms with Crippen molar-refractivity contribution in [3.05, 3.63) is 0 Å². The third kappa shape index (κ3) is 2.06. The molecule has 0 aromatic heterocycles. The van der Waals surface area contributed by atoms with Gasteiger partial charge in [-0.05, 0) is 0 Å². The van der Waals surface area contributed by atoms with E-state index in [2.05, 4.69) is 0 Å².